The predicted octanol–water partition coefficient (Wildman–Crippen LogP) is 4.28. The highest BCUT2D eigenvalue weighted by Gasteiger charge is 2.07. The van der Waals surface area contributed by atoms with Gasteiger partial charge in [0.15, 0.2) is 0 Å². The summed E-state index contributed by atoms with van der Waals surface area (Å²) in [7, 11) is 0. The highest BCUT2D eigenvalue weighted by Crippen LogP contribution is 2.22. The van der Waals surface area contributed by atoms with E-state index in [1.807, 2.05) is 48.7 Å². The van der Waals surface area contributed by atoms with E-state index in [1.54, 1.807) is 0 Å². The summed E-state index contributed by atoms with van der Waals surface area (Å²) < 4.78 is 0. The average molecular weight is 273 g/mol. The predicted molar refractivity (Wildman–Crippen MR) is 84.9 cm³/mol. The maximum Gasteiger partial charge on any atom is 0.0991 e. The molecule has 0 bridgehead atoms. The summed E-state index contributed by atoms with van der Waals surface area (Å²) in [6, 6.07) is 20.1. The number of nitrogens with zero attached hydrogens (tertiary/aromatic N) is 2. The second kappa shape index (κ2) is 5.64. The van der Waals surface area contributed by atoms with Crippen LogP contribution in [0.5, 0.6) is 0 Å². The van der Waals surface area contributed by atoms with Gasteiger partial charge in [0.25, 0.3) is 0 Å². The molecule has 0 saturated heterocycles. The first kappa shape index (κ1) is 13.1. The van der Waals surface area contributed by atoms with Gasteiger partial charge >= 0.3 is 0 Å². The number of rotatable bonds is 3. The van der Waals surface area contributed by atoms with Crippen LogP contribution in [0.4, 0.5) is 5.69 Å². The third kappa shape index (κ3) is 2.85. The monoisotopic (exact) mass is 273 g/mol. The maximum absolute atomic E-state index is 8.97. The molecule has 102 valence electrons. The number of fused-ring (bicyclic) bond motifs is 1. The van der Waals surface area contributed by atoms with Crippen LogP contribution in [0.2, 0.25) is 0 Å². The van der Waals surface area contributed by atoms with Gasteiger partial charge in [0.1, 0.15) is 0 Å². The van der Waals surface area contributed by atoms with E-state index in [9.17, 15) is 0 Å². The lowest BCUT2D eigenvalue weighted by Gasteiger charge is -2.16. The molecule has 2 aromatic carbocycles. The molecular formula is C18H15N3. The number of pyridine rings is 1. The first-order valence-electron chi connectivity index (χ1n) is 6.87. The van der Waals surface area contributed by atoms with Crippen molar-refractivity contribution in [1.82, 2.24) is 4.98 Å². The number of hydrogen-bond acceptors (Lipinski definition) is 3. The van der Waals surface area contributed by atoms with Crippen LogP contribution >= 0.6 is 0 Å². The zero-order chi connectivity index (χ0) is 14.7. The molecule has 3 nitrogen and oxygen atoms in total. The van der Waals surface area contributed by atoms with E-state index in [1.165, 1.54) is 0 Å². The third-order valence-corrected chi connectivity index (χ3v) is 3.49. The summed E-state index contributed by atoms with van der Waals surface area (Å²) in [6.45, 7) is 2.08. The van der Waals surface area contributed by atoms with Crippen LogP contribution < -0.4 is 5.32 Å². The van der Waals surface area contributed by atoms with Gasteiger partial charge in [0, 0.05) is 11.4 Å². The number of nitriles is 1. The highest BCUT2D eigenvalue weighted by atomic mass is 14.9. The summed E-state index contributed by atoms with van der Waals surface area (Å²) in [6.07, 6.45) is 1.84. The summed E-state index contributed by atoms with van der Waals surface area (Å²) in [5.41, 5.74) is 3.73. The van der Waals surface area contributed by atoms with Gasteiger partial charge in [-0.15, -0.1) is 0 Å². The van der Waals surface area contributed by atoms with Gasteiger partial charge in [0.05, 0.1) is 29.0 Å². The van der Waals surface area contributed by atoms with Crippen molar-refractivity contribution in [2.45, 2.75) is 13.0 Å². The molecule has 0 aliphatic rings. The molecule has 3 aromatic rings. The van der Waals surface area contributed by atoms with Crippen molar-refractivity contribution < 1.29 is 0 Å². The van der Waals surface area contributed by atoms with E-state index in [0.717, 1.165) is 22.2 Å². The third-order valence-electron chi connectivity index (χ3n) is 3.49. The summed E-state index contributed by atoms with van der Waals surface area (Å²) in [4.78, 5) is 4.45. The van der Waals surface area contributed by atoms with Crippen LogP contribution in [0, 0.1) is 11.3 Å². The summed E-state index contributed by atoms with van der Waals surface area (Å²) in [5, 5.41) is 13.5. The van der Waals surface area contributed by atoms with Crippen LogP contribution in [0.25, 0.3) is 10.9 Å². The number of benzene rings is 2. The lowest BCUT2D eigenvalue weighted by atomic mass is 10.1. The van der Waals surface area contributed by atoms with Gasteiger partial charge in [-0.05, 0) is 36.8 Å². The van der Waals surface area contributed by atoms with Gasteiger partial charge < -0.3 is 5.32 Å². The Balaban J connectivity index is 1.85. The molecule has 1 unspecified atom stereocenters. The van der Waals surface area contributed by atoms with Crippen molar-refractivity contribution in [2.75, 3.05) is 5.32 Å². The van der Waals surface area contributed by atoms with Crippen molar-refractivity contribution in [1.29, 1.82) is 5.26 Å². The fourth-order valence-corrected chi connectivity index (χ4v) is 2.36. The first-order valence-corrected chi connectivity index (χ1v) is 6.87. The molecule has 0 spiro atoms. The van der Waals surface area contributed by atoms with E-state index < -0.39 is 0 Å². The van der Waals surface area contributed by atoms with Gasteiger partial charge in [-0.25, -0.2) is 0 Å². The largest absolute Gasteiger partial charge is 0.377 e. The Morgan fingerprint density at radius 1 is 1.10 bits per heavy atom. The molecule has 0 fully saturated rings. The van der Waals surface area contributed by atoms with Crippen LogP contribution in [0.3, 0.4) is 0 Å². The standard InChI is InChI=1S/C18H15N3/c1-13(15-7-4-5-14(9-15)11-19)21-17-10-16-6-2-3-8-18(16)20-12-17/h2-10,12-13,21H,1H3. The first-order chi connectivity index (χ1) is 10.3. The van der Waals surface area contributed by atoms with Gasteiger partial charge in [-0.3, -0.25) is 4.98 Å². The molecular weight excluding hydrogens is 258 g/mol. The Morgan fingerprint density at radius 2 is 1.95 bits per heavy atom. The van der Waals surface area contributed by atoms with Crippen molar-refractivity contribution in [3.05, 3.63) is 71.9 Å². The minimum Gasteiger partial charge on any atom is -0.377 e. The molecule has 0 aliphatic carbocycles. The molecule has 21 heavy (non-hydrogen) atoms. The van der Waals surface area contributed by atoms with Crippen molar-refractivity contribution >= 4 is 16.6 Å². The smallest absolute Gasteiger partial charge is 0.0991 e. The van der Waals surface area contributed by atoms with Crippen molar-refractivity contribution in [2.24, 2.45) is 0 Å². The highest BCUT2D eigenvalue weighted by molar-refractivity contribution is 5.81. The zero-order valence-corrected chi connectivity index (χ0v) is 11.7. The Labute approximate surface area is 123 Å². The van der Waals surface area contributed by atoms with E-state index in [-0.39, 0.29) is 6.04 Å². The second-order valence-electron chi connectivity index (χ2n) is 5.02. The number of nitrogens with one attached hydrogen (secondary N) is 1. The fourth-order valence-electron chi connectivity index (χ4n) is 2.36. The molecule has 1 atom stereocenters. The van der Waals surface area contributed by atoms with Crippen LogP contribution in [0.15, 0.2) is 60.8 Å². The van der Waals surface area contributed by atoms with Gasteiger partial charge in [-0.2, -0.15) is 5.26 Å². The minimum atomic E-state index is 0.112. The molecule has 0 amide bonds. The lowest BCUT2D eigenvalue weighted by Crippen LogP contribution is -2.07. The van der Waals surface area contributed by atoms with Gasteiger partial charge in [-0.1, -0.05) is 30.3 Å². The average Bonchev–Trinajstić information content (AvgIpc) is 2.54. The number of hydrogen-bond donors (Lipinski definition) is 1. The maximum atomic E-state index is 8.97. The van der Waals surface area contributed by atoms with E-state index >= 15 is 0 Å². The van der Waals surface area contributed by atoms with Gasteiger partial charge in [0.2, 0.25) is 0 Å². The molecule has 0 radical (unpaired) electrons. The quantitative estimate of drug-likeness (QED) is 0.774. The molecule has 0 saturated carbocycles. The normalized spacial score (nSPS) is 11.8. The number of para-hydroxylation sites is 1. The minimum absolute atomic E-state index is 0.112. The molecule has 1 N–H and O–H groups in total. The Hall–Kier alpha value is -2.86. The second-order valence-corrected chi connectivity index (χ2v) is 5.02. The number of anilines is 1. The topological polar surface area (TPSA) is 48.7 Å². The molecule has 3 rings (SSSR count). The summed E-state index contributed by atoms with van der Waals surface area (Å²) in [5.74, 6) is 0. The lowest BCUT2D eigenvalue weighted by molar-refractivity contribution is 0.883. The van der Waals surface area contributed by atoms with E-state index in [4.69, 9.17) is 5.26 Å². The Morgan fingerprint density at radius 3 is 2.81 bits per heavy atom. The molecule has 3 heteroatoms. The van der Waals surface area contributed by atoms with E-state index in [0.29, 0.717) is 5.56 Å². The molecule has 1 heterocycles. The molecule has 0 aliphatic heterocycles. The Kier molecular flexibility index (Phi) is 3.53. The SMILES string of the molecule is CC(Nc1cnc2ccccc2c1)c1cccc(C#N)c1. The van der Waals surface area contributed by atoms with E-state index in [2.05, 4.69) is 35.4 Å². The Bertz CT molecular complexity index is 818. The fraction of sp³-hybridized carbons (Fsp3) is 0.111. The van der Waals surface area contributed by atoms with Crippen LogP contribution in [-0.2, 0) is 0 Å². The zero-order valence-electron chi connectivity index (χ0n) is 11.7. The van der Waals surface area contributed by atoms with Crippen molar-refractivity contribution in [3.8, 4) is 6.07 Å². The molecule has 1 aromatic heterocycles. The van der Waals surface area contributed by atoms with Crippen LogP contribution in [0.1, 0.15) is 24.1 Å². The summed E-state index contributed by atoms with van der Waals surface area (Å²) >= 11 is 0. The van der Waals surface area contributed by atoms with Crippen LogP contribution in [-0.4, -0.2) is 4.98 Å². The van der Waals surface area contributed by atoms with Crippen molar-refractivity contribution in [3.63, 3.8) is 0 Å². The number of aromatic nitrogens is 1.